The maximum absolute atomic E-state index is 11.5. The molecular weight excluding hydrogens is 198 g/mol. The van der Waals surface area contributed by atoms with E-state index in [0.29, 0.717) is 6.54 Å². The van der Waals surface area contributed by atoms with E-state index in [4.69, 9.17) is 0 Å². The van der Waals surface area contributed by atoms with E-state index in [-0.39, 0.29) is 11.3 Å². The highest BCUT2D eigenvalue weighted by Crippen LogP contribution is 2.11. The highest BCUT2D eigenvalue weighted by atomic mass is 16.2. The molecule has 1 rings (SSSR count). The minimum absolute atomic E-state index is 0.0230. The Labute approximate surface area is 97.1 Å². The van der Waals surface area contributed by atoms with Gasteiger partial charge in [-0.15, -0.1) is 0 Å². The summed E-state index contributed by atoms with van der Waals surface area (Å²) in [6.45, 7) is 6.04. The predicted molar refractivity (Wildman–Crippen MR) is 65.8 cm³/mol. The Bertz CT molecular complexity index is 404. The molecule has 2 heteroatoms. The van der Waals surface area contributed by atoms with Gasteiger partial charge in [0.05, 0.1) is 6.54 Å². The summed E-state index contributed by atoms with van der Waals surface area (Å²) in [6, 6.07) is 9.72. The molecule has 16 heavy (non-hydrogen) atoms. The van der Waals surface area contributed by atoms with Gasteiger partial charge in [-0.3, -0.25) is 4.79 Å². The molecule has 0 atom stereocenters. The van der Waals surface area contributed by atoms with Crippen molar-refractivity contribution in [2.75, 3.05) is 6.54 Å². The predicted octanol–water partition coefficient (Wildman–Crippen LogP) is 2.20. The summed E-state index contributed by atoms with van der Waals surface area (Å²) in [5, 5.41) is 2.78. The van der Waals surface area contributed by atoms with Crippen LogP contribution in [0.4, 0.5) is 0 Å². The molecule has 0 fully saturated rings. The van der Waals surface area contributed by atoms with Crippen molar-refractivity contribution in [2.45, 2.75) is 20.8 Å². The highest BCUT2D eigenvalue weighted by molar-refractivity contribution is 5.81. The average Bonchev–Trinajstić information content (AvgIpc) is 2.24. The van der Waals surface area contributed by atoms with Crippen molar-refractivity contribution >= 4 is 5.91 Å². The number of hydrogen-bond acceptors (Lipinski definition) is 1. The molecule has 2 nitrogen and oxygen atoms in total. The second-order valence-electron chi connectivity index (χ2n) is 4.60. The summed E-state index contributed by atoms with van der Waals surface area (Å²) in [4.78, 5) is 11.5. The van der Waals surface area contributed by atoms with Crippen LogP contribution in [0.25, 0.3) is 0 Å². The molecule has 1 amide bonds. The zero-order valence-corrected chi connectivity index (χ0v) is 10.0. The quantitative estimate of drug-likeness (QED) is 0.715. The number of rotatable bonds is 1. The van der Waals surface area contributed by atoms with Gasteiger partial charge in [0.1, 0.15) is 0 Å². The summed E-state index contributed by atoms with van der Waals surface area (Å²) in [5.41, 5.74) is 0.613. The number of carbonyl (C=O) groups is 1. The van der Waals surface area contributed by atoms with Crippen LogP contribution >= 0.6 is 0 Å². The number of nitrogens with one attached hydrogen (secondary N) is 1. The summed E-state index contributed by atoms with van der Waals surface area (Å²) < 4.78 is 0. The first-order valence-electron chi connectivity index (χ1n) is 5.32. The lowest BCUT2D eigenvalue weighted by atomic mass is 9.96. The van der Waals surface area contributed by atoms with Gasteiger partial charge >= 0.3 is 0 Å². The minimum Gasteiger partial charge on any atom is -0.345 e. The molecule has 1 N–H and O–H groups in total. The molecular formula is C14H17NO. The van der Waals surface area contributed by atoms with Crippen molar-refractivity contribution in [3.63, 3.8) is 0 Å². The molecule has 0 bridgehead atoms. The number of hydrogen-bond donors (Lipinski definition) is 1. The van der Waals surface area contributed by atoms with E-state index in [2.05, 4.69) is 17.2 Å². The molecule has 84 valence electrons. The normalized spacial score (nSPS) is 10.2. The van der Waals surface area contributed by atoms with Gasteiger partial charge in [0.2, 0.25) is 5.91 Å². The maximum atomic E-state index is 11.5. The van der Waals surface area contributed by atoms with Crippen molar-refractivity contribution in [1.29, 1.82) is 0 Å². The van der Waals surface area contributed by atoms with Crippen LogP contribution in [0.15, 0.2) is 30.3 Å². The van der Waals surface area contributed by atoms with Crippen molar-refractivity contribution in [3.05, 3.63) is 35.9 Å². The van der Waals surface area contributed by atoms with Crippen LogP contribution in [0.1, 0.15) is 26.3 Å². The Hall–Kier alpha value is -1.75. The van der Waals surface area contributed by atoms with Gasteiger partial charge in [-0.1, -0.05) is 50.8 Å². The number of benzene rings is 1. The second-order valence-corrected chi connectivity index (χ2v) is 4.60. The zero-order chi connectivity index (χ0) is 12.0. The first-order valence-corrected chi connectivity index (χ1v) is 5.32. The Morgan fingerprint density at radius 2 is 1.88 bits per heavy atom. The molecule has 1 aromatic rings. The van der Waals surface area contributed by atoms with Crippen molar-refractivity contribution in [3.8, 4) is 11.8 Å². The molecule has 0 unspecified atom stereocenters. The van der Waals surface area contributed by atoms with Crippen LogP contribution in [0.5, 0.6) is 0 Å². The van der Waals surface area contributed by atoms with E-state index >= 15 is 0 Å². The van der Waals surface area contributed by atoms with Crippen LogP contribution in [0.3, 0.4) is 0 Å². The van der Waals surface area contributed by atoms with Gasteiger partial charge in [0.25, 0.3) is 0 Å². The Balaban J connectivity index is 2.43. The Morgan fingerprint density at radius 3 is 2.44 bits per heavy atom. The molecule has 0 saturated carbocycles. The summed E-state index contributed by atoms with van der Waals surface area (Å²) in [7, 11) is 0. The lowest BCUT2D eigenvalue weighted by molar-refractivity contribution is -0.128. The van der Waals surface area contributed by atoms with Crippen LogP contribution in [0, 0.1) is 17.3 Å². The third-order valence-electron chi connectivity index (χ3n) is 2.03. The fraction of sp³-hybridized carbons (Fsp3) is 0.357. The van der Waals surface area contributed by atoms with E-state index in [1.54, 1.807) is 0 Å². The molecule has 0 aliphatic carbocycles. The SMILES string of the molecule is CC(C)(C)C(=O)NCC#Cc1ccccc1. The van der Waals surface area contributed by atoms with Gasteiger partial charge in [-0.2, -0.15) is 0 Å². The van der Waals surface area contributed by atoms with Crippen LogP contribution in [-0.2, 0) is 4.79 Å². The summed E-state index contributed by atoms with van der Waals surface area (Å²) >= 11 is 0. The van der Waals surface area contributed by atoms with Crippen LogP contribution < -0.4 is 5.32 Å². The minimum atomic E-state index is -0.353. The van der Waals surface area contributed by atoms with Gasteiger partial charge in [-0.25, -0.2) is 0 Å². The van der Waals surface area contributed by atoms with Crippen LogP contribution in [-0.4, -0.2) is 12.5 Å². The Kier molecular flexibility index (Phi) is 4.13. The van der Waals surface area contributed by atoms with E-state index in [0.717, 1.165) is 5.56 Å². The van der Waals surface area contributed by atoms with Gasteiger partial charge < -0.3 is 5.32 Å². The molecule has 0 spiro atoms. The summed E-state index contributed by atoms with van der Waals surface area (Å²) in [5.74, 6) is 5.93. The molecule has 0 heterocycles. The molecule has 0 aliphatic heterocycles. The zero-order valence-electron chi connectivity index (χ0n) is 10.0. The molecule has 0 radical (unpaired) electrons. The third-order valence-corrected chi connectivity index (χ3v) is 2.03. The third kappa shape index (κ3) is 4.18. The molecule has 0 aliphatic rings. The number of carbonyl (C=O) groups excluding carboxylic acids is 1. The van der Waals surface area contributed by atoms with Crippen molar-refractivity contribution < 1.29 is 4.79 Å². The highest BCUT2D eigenvalue weighted by Gasteiger charge is 2.19. The average molecular weight is 215 g/mol. The first kappa shape index (κ1) is 12.3. The first-order chi connectivity index (χ1) is 7.50. The van der Waals surface area contributed by atoms with E-state index < -0.39 is 0 Å². The van der Waals surface area contributed by atoms with E-state index in [1.807, 2.05) is 51.1 Å². The topological polar surface area (TPSA) is 29.1 Å². The fourth-order valence-electron chi connectivity index (χ4n) is 1.06. The standard InChI is InChI=1S/C14H17NO/c1-14(2,3)13(16)15-11-7-10-12-8-5-4-6-9-12/h4-6,8-9H,11H2,1-3H3,(H,15,16). The van der Waals surface area contributed by atoms with Crippen molar-refractivity contribution in [1.82, 2.24) is 5.32 Å². The second kappa shape index (κ2) is 5.37. The van der Waals surface area contributed by atoms with Gasteiger partial charge in [0, 0.05) is 11.0 Å². The summed E-state index contributed by atoms with van der Waals surface area (Å²) in [6.07, 6.45) is 0. The molecule has 1 aromatic carbocycles. The largest absolute Gasteiger partial charge is 0.345 e. The molecule has 0 aromatic heterocycles. The lowest BCUT2D eigenvalue weighted by Crippen LogP contribution is -2.34. The monoisotopic (exact) mass is 215 g/mol. The molecule has 0 saturated heterocycles. The van der Waals surface area contributed by atoms with Gasteiger partial charge in [-0.05, 0) is 12.1 Å². The van der Waals surface area contributed by atoms with Crippen LogP contribution in [0.2, 0.25) is 0 Å². The number of amides is 1. The lowest BCUT2D eigenvalue weighted by Gasteiger charge is -2.15. The smallest absolute Gasteiger partial charge is 0.226 e. The van der Waals surface area contributed by atoms with E-state index in [9.17, 15) is 4.79 Å². The van der Waals surface area contributed by atoms with Gasteiger partial charge in [0.15, 0.2) is 0 Å². The maximum Gasteiger partial charge on any atom is 0.226 e. The van der Waals surface area contributed by atoms with Crippen molar-refractivity contribution in [2.24, 2.45) is 5.41 Å². The fourth-order valence-corrected chi connectivity index (χ4v) is 1.06. The van der Waals surface area contributed by atoms with E-state index in [1.165, 1.54) is 0 Å². The Morgan fingerprint density at radius 1 is 1.25 bits per heavy atom.